The first-order valence-electron chi connectivity index (χ1n) is 4.95. The van der Waals surface area contributed by atoms with E-state index in [1.807, 2.05) is 26.8 Å². The third-order valence-electron chi connectivity index (χ3n) is 2.41. The van der Waals surface area contributed by atoms with Crippen LogP contribution in [0.5, 0.6) is 0 Å². The number of nitriles is 1. The molecule has 3 heteroatoms. The Labute approximate surface area is 101 Å². The molecule has 0 saturated heterocycles. The molecule has 0 aliphatic carbocycles. The van der Waals surface area contributed by atoms with Crippen LogP contribution in [-0.2, 0) is 0 Å². The first-order valence-corrected chi connectivity index (χ1v) is 5.36. The largest absolute Gasteiger partial charge is 0.389 e. The third kappa shape index (κ3) is 2.68. The zero-order chi connectivity index (χ0) is 12.3. The highest BCUT2D eigenvalue weighted by Gasteiger charge is 2.05. The predicted molar refractivity (Wildman–Crippen MR) is 71.0 cm³/mol. The van der Waals surface area contributed by atoms with Gasteiger partial charge in [-0.05, 0) is 43.5 Å². The van der Waals surface area contributed by atoms with Gasteiger partial charge in [0.2, 0.25) is 0 Å². The van der Waals surface area contributed by atoms with Crippen LogP contribution in [0.25, 0.3) is 6.08 Å². The minimum atomic E-state index is 0.141. The highest BCUT2D eigenvalue weighted by atomic mass is 32.1. The molecule has 0 spiro atoms. The number of benzene rings is 1. The molecular weight excluding hydrogens is 216 g/mol. The molecule has 0 amide bonds. The van der Waals surface area contributed by atoms with Crippen molar-refractivity contribution in [2.45, 2.75) is 20.8 Å². The van der Waals surface area contributed by atoms with Crippen molar-refractivity contribution in [2.24, 2.45) is 5.73 Å². The number of hydrogen-bond acceptors (Lipinski definition) is 2. The van der Waals surface area contributed by atoms with Crippen molar-refractivity contribution in [3.8, 4) is 6.07 Å². The van der Waals surface area contributed by atoms with Gasteiger partial charge in [0, 0.05) is 0 Å². The van der Waals surface area contributed by atoms with E-state index in [0.717, 1.165) is 16.7 Å². The lowest BCUT2D eigenvalue weighted by Gasteiger charge is -2.07. The Hall–Kier alpha value is -1.66. The molecule has 2 nitrogen and oxygen atoms in total. The lowest BCUT2D eigenvalue weighted by atomic mass is 9.98. The quantitative estimate of drug-likeness (QED) is 0.483. The van der Waals surface area contributed by atoms with Gasteiger partial charge in [0.25, 0.3) is 0 Å². The van der Waals surface area contributed by atoms with Crippen LogP contribution < -0.4 is 5.73 Å². The monoisotopic (exact) mass is 230 g/mol. The Morgan fingerprint density at radius 1 is 1.31 bits per heavy atom. The summed E-state index contributed by atoms with van der Waals surface area (Å²) in [6, 6.07) is 6.17. The van der Waals surface area contributed by atoms with E-state index < -0.39 is 0 Å². The first-order chi connectivity index (χ1) is 7.45. The minimum absolute atomic E-state index is 0.141. The molecule has 0 radical (unpaired) electrons. The highest BCUT2D eigenvalue weighted by molar-refractivity contribution is 7.80. The van der Waals surface area contributed by atoms with Crippen molar-refractivity contribution in [2.75, 3.05) is 0 Å². The van der Waals surface area contributed by atoms with Gasteiger partial charge in [-0.2, -0.15) is 5.26 Å². The Morgan fingerprint density at radius 3 is 2.19 bits per heavy atom. The van der Waals surface area contributed by atoms with Gasteiger partial charge in [-0.3, -0.25) is 0 Å². The molecule has 0 bridgehead atoms. The van der Waals surface area contributed by atoms with E-state index in [1.54, 1.807) is 6.08 Å². The van der Waals surface area contributed by atoms with Crippen LogP contribution in [0.4, 0.5) is 0 Å². The lowest BCUT2D eigenvalue weighted by molar-refractivity contribution is 1.30. The van der Waals surface area contributed by atoms with Crippen LogP contribution in [0.3, 0.4) is 0 Å². The van der Waals surface area contributed by atoms with Crippen LogP contribution in [-0.4, -0.2) is 4.99 Å². The number of nitrogens with two attached hydrogens (primary N) is 1. The molecule has 1 aromatic carbocycles. The van der Waals surface area contributed by atoms with Gasteiger partial charge in [-0.15, -0.1) is 0 Å². The first kappa shape index (κ1) is 12.4. The molecule has 1 aromatic rings. The van der Waals surface area contributed by atoms with Crippen LogP contribution in [0.1, 0.15) is 22.3 Å². The summed E-state index contributed by atoms with van der Waals surface area (Å²) >= 11 is 4.81. The summed E-state index contributed by atoms with van der Waals surface area (Å²) in [5.41, 5.74) is 10.3. The van der Waals surface area contributed by atoms with Crippen molar-refractivity contribution in [1.82, 2.24) is 0 Å². The van der Waals surface area contributed by atoms with Crippen molar-refractivity contribution in [3.05, 3.63) is 40.0 Å². The van der Waals surface area contributed by atoms with E-state index in [2.05, 4.69) is 12.1 Å². The summed E-state index contributed by atoms with van der Waals surface area (Å²) in [7, 11) is 0. The molecule has 16 heavy (non-hydrogen) atoms. The fraction of sp³-hybridized carbons (Fsp3) is 0.231. The van der Waals surface area contributed by atoms with Crippen molar-refractivity contribution in [1.29, 1.82) is 5.26 Å². The summed E-state index contributed by atoms with van der Waals surface area (Å²) in [5.74, 6) is 0. The Balaban J connectivity index is 3.36. The maximum atomic E-state index is 8.91. The smallest absolute Gasteiger partial charge is 0.114 e. The molecular formula is C13H14N2S. The second-order valence-electron chi connectivity index (χ2n) is 3.85. The molecule has 0 saturated carbocycles. The lowest BCUT2D eigenvalue weighted by Crippen LogP contribution is -2.10. The average Bonchev–Trinajstić information content (AvgIpc) is 2.15. The van der Waals surface area contributed by atoms with E-state index in [9.17, 15) is 0 Å². The molecule has 2 N–H and O–H groups in total. The Morgan fingerprint density at radius 2 is 1.81 bits per heavy atom. The zero-order valence-corrected chi connectivity index (χ0v) is 10.5. The highest BCUT2D eigenvalue weighted by Crippen LogP contribution is 2.19. The summed E-state index contributed by atoms with van der Waals surface area (Å²) in [6.45, 7) is 6.08. The second-order valence-corrected chi connectivity index (χ2v) is 4.29. The molecule has 0 fully saturated rings. The second kappa shape index (κ2) is 4.91. The molecule has 1 rings (SSSR count). The fourth-order valence-electron chi connectivity index (χ4n) is 1.72. The van der Waals surface area contributed by atoms with Crippen LogP contribution in [0.2, 0.25) is 0 Å². The number of rotatable bonds is 2. The summed E-state index contributed by atoms with van der Waals surface area (Å²) in [5, 5.41) is 8.91. The summed E-state index contributed by atoms with van der Waals surface area (Å²) in [4.78, 5) is 0.141. The minimum Gasteiger partial charge on any atom is -0.389 e. The van der Waals surface area contributed by atoms with E-state index in [0.29, 0.717) is 5.57 Å². The zero-order valence-electron chi connectivity index (χ0n) is 9.66. The Kier molecular flexibility index (Phi) is 3.81. The maximum Gasteiger partial charge on any atom is 0.114 e. The van der Waals surface area contributed by atoms with Gasteiger partial charge >= 0.3 is 0 Å². The van der Waals surface area contributed by atoms with E-state index >= 15 is 0 Å². The molecule has 0 unspecified atom stereocenters. The number of aryl methyl sites for hydroxylation is 3. The van der Waals surface area contributed by atoms with Crippen LogP contribution >= 0.6 is 12.2 Å². The van der Waals surface area contributed by atoms with Crippen molar-refractivity contribution >= 4 is 23.3 Å². The number of nitrogens with zero attached hydrogens (tertiary/aromatic N) is 1. The van der Waals surface area contributed by atoms with Gasteiger partial charge in [0.1, 0.15) is 11.1 Å². The van der Waals surface area contributed by atoms with Crippen LogP contribution in [0.15, 0.2) is 17.7 Å². The van der Waals surface area contributed by atoms with Crippen molar-refractivity contribution < 1.29 is 0 Å². The Bertz CT molecular complexity index is 484. The molecule has 0 aromatic heterocycles. The topological polar surface area (TPSA) is 49.8 Å². The molecule has 0 aliphatic rings. The maximum absolute atomic E-state index is 8.91. The van der Waals surface area contributed by atoms with E-state index in [-0.39, 0.29) is 4.99 Å². The molecule has 0 heterocycles. The molecule has 0 aliphatic heterocycles. The van der Waals surface area contributed by atoms with E-state index in [4.69, 9.17) is 23.2 Å². The summed E-state index contributed by atoms with van der Waals surface area (Å²) < 4.78 is 0. The van der Waals surface area contributed by atoms with Gasteiger partial charge in [-0.1, -0.05) is 29.9 Å². The predicted octanol–water partition coefficient (Wildman–Crippen LogP) is 2.80. The van der Waals surface area contributed by atoms with E-state index in [1.165, 1.54) is 5.56 Å². The molecule has 82 valence electrons. The molecule has 0 atom stereocenters. The summed E-state index contributed by atoms with van der Waals surface area (Å²) in [6.07, 6.45) is 1.76. The van der Waals surface area contributed by atoms with Gasteiger partial charge in [0.05, 0.1) is 5.57 Å². The number of thiocarbonyl (C=S) groups is 1. The fourth-order valence-corrected chi connectivity index (χ4v) is 1.83. The average molecular weight is 230 g/mol. The van der Waals surface area contributed by atoms with Crippen molar-refractivity contribution in [3.63, 3.8) is 0 Å². The van der Waals surface area contributed by atoms with Gasteiger partial charge in [0.15, 0.2) is 0 Å². The standard InChI is InChI=1S/C13H14N2S/c1-8-4-9(2)12(10(3)5-8)6-11(7-14)13(15)16/h4-6H,1-3H3,(H2,15,16). The van der Waals surface area contributed by atoms with Gasteiger partial charge < -0.3 is 5.73 Å². The number of hydrogen-bond donors (Lipinski definition) is 1. The normalized spacial score (nSPS) is 11.0. The third-order valence-corrected chi connectivity index (χ3v) is 2.63. The SMILES string of the molecule is Cc1cc(C)c(C=C(C#N)C(N)=S)c(C)c1. The van der Waals surface area contributed by atoms with Gasteiger partial charge in [-0.25, -0.2) is 0 Å². The van der Waals surface area contributed by atoms with Crippen LogP contribution in [0, 0.1) is 32.1 Å².